The lowest BCUT2D eigenvalue weighted by Gasteiger charge is -2.16. The first-order valence-corrected chi connectivity index (χ1v) is 11.9. The molecular weight excluding hydrogens is 436 g/mol. The molecule has 3 aromatic rings. The van der Waals surface area contributed by atoms with Crippen molar-refractivity contribution >= 4 is 29.3 Å². The molecule has 170 valence electrons. The van der Waals surface area contributed by atoms with Gasteiger partial charge in [-0.3, -0.25) is 9.59 Å². The van der Waals surface area contributed by atoms with E-state index >= 15 is 0 Å². The lowest BCUT2D eigenvalue weighted by molar-refractivity contribution is -0.113. The van der Waals surface area contributed by atoms with E-state index in [1.165, 1.54) is 11.8 Å². The summed E-state index contributed by atoms with van der Waals surface area (Å²) in [6, 6.07) is 22.3. The molecule has 3 aromatic carbocycles. The lowest BCUT2D eigenvalue weighted by Crippen LogP contribution is -2.28. The van der Waals surface area contributed by atoms with Crippen molar-refractivity contribution in [3.8, 4) is 11.5 Å². The summed E-state index contributed by atoms with van der Waals surface area (Å²) in [5.74, 6) is 1.20. The quantitative estimate of drug-likeness (QED) is 0.480. The third-order valence-electron chi connectivity index (χ3n) is 5.18. The van der Waals surface area contributed by atoms with Gasteiger partial charge in [-0.2, -0.15) is 0 Å². The minimum atomic E-state index is -0.238. The molecule has 4 rings (SSSR count). The maximum absolute atomic E-state index is 12.9. The van der Waals surface area contributed by atoms with Gasteiger partial charge in [0.2, 0.25) is 5.91 Å². The predicted octanol–water partition coefficient (Wildman–Crippen LogP) is 5.07. The average molecular weight is 463 g/mol. The van der Waals surface area contributed by atoms with Crippen molar-refractivity contribution < 1.29 is 19.1 Å². The summed E-state index contributed by atoms with van der Waals surface area (Å²) in [5, 5.41) is 5.87. The van der Waals surface area contributed by atoms with Crippen molar-refractivity contribution in [1.29, 1.82) is 0 Å². The van der Waals surface area contributed by atoms with E-state index in [4.69, 9.17) is 9.47 Å². The van der Waals surface area contributed by atoms with Crippen molar-refractivity contribution in [2.24, 2.45) is 0 Å². The Labute approximate surface area is 197 Å². The minimum absolute atomic E-state index is 0.155. The fourth-order valence-electron chi connectivity index (χ4n) is 3.46. The van der Waals surface area contributed by atoms with Gasteiger partial charge < -0.3 is 20.1 Å². The molecule has 0 saturated carbocycles. The zero-order chi connectivity index (χ0) is 23.0. The number of para-hydroxylation sites is 1. The Morgan fingerprint density at radius 2 is 1.67 bits per heavy atom. The van der Waals surface area contributed by atoms with Crippen LogP contribution >= 0.6 is 11.8 Å². The second kappa shape index (κ2) is 10.9. The summed E-state index contributed by atoms with van der Waals surface area (Å²) in [7, 11) is 0. The van der Waals surface area contributed by atoms with E-state index in [0.717, 1.165) is 22.6 Å². The van der Waals surface area contributed by atoms with Crippen molar-refractivity contribution in [3.05, 3.63) is 83.9 Å². The Hall–Kier alpha value is -3.45. The average Bonchev–Trinajstić information content (AvgIpc) is 3.08. The number of hydrogen-bond acceptors (Lipinski definition) is 5. The maximum atomic E-state index is 12.9. The highest BCUT2D eigenvalue weighted by atomic mass is 32.2. The number of fused-ring (bicyclic) bond motifs is 1. The third-order valence-corrected chi connectivity index (χ3v) is 6.18. The summed E-state index contributed by atoms with van der Waals surface area (Å²) in [6.45, 7) is 3.18. The molecule has 0 aromatic heterocycles. The van der Waals surface area contributed by atoms with Gasteiger partial charge in [0.15, 0.2) is 11.5 Å². The van der Waals surface area contributed by atoms with Gasteiger partial charge in [0.05, 0.1) is 36.3 Å². The summed E-state index contributed by atoms with van der Waals surface area (Å²) in [6.07, 6.45) is 0.844. The number of ether oxygens (including phenoxy) is 2. The van der Waals surface area contributed by atoms with Crippen LogP contribution in [-0.4, -0.2) is 30.8 Å². The van der Waals surface area contributed by atoms with Crippen LogP contribution < -0.4 is 20.1 Å². The van der Waals surface area contributed by atoms with Crippen molar-refractivity contribution in [2.45, 2.75) is 24.3 Å². The normalized spacial score (nSPS) is 13.5. The summed E-state index contributed by atoms with van der Waals surface area (Å²) < 4.78 is 11.4. The first-order valence-electron chi connectivity index (χ1n) is 10.9. The van der Waals surface area contributed by atoms with Crippen LogP contribution in [0.3, 0.4) is 0 Å². The van der Waals surface area contributed by atoms with Crippen LogP contribution in [0.4, 0.5) is 5.69 Å². The van der Waals surface area contributed by atoms with E-state index in [0.29, 0.717) is 30.2 Å². The van der Waals surface area contributed by atoms with E-state index in [2.05, 4.69) is 10.6 Å². The summed E-state index contributed by atoms with van der Waals surface area (Å²) in [5.41, 5.74) is 1.92. The Morgan fingerprint density at radius 1 is 0.939 bits per heavy atom. The highest BCUT2D eigenvalue weighted by molar-refractivity contribution is 8.00. The second-order valence-electron chi connectivity index (χ2n) is 7.65. The van der Waals surface area contributed by atoms with Crippen molar-refractivity contribution in [1.82, 2.24) is 5.32 Å². The molecule has 0 saturated heterocycles. The molecule has 2 amide bonds. The number of carbonyl (C=O) groups is 2. The number of nitrogens with one attached hydrogen (secondary N) is 2. The molecule has 1 aliphatic rings. The largest absolute Gasteiger partial charge is 0.490 e. The van der Waals surface area contributed by atoms with Crippen LogP contribution in [0.2, 0.25) is 0 Å². The molecule has 0 aliphatic carbocycles. The molecule has 1 atom stereocenters. The van der Waals surface area contributed by atoms with E-state index in [-0.39, 0.29) is 23.6 Å². The molecule has 6 nitrogen and oxygen atoms in total. The molecule has 2 N–H and O–H groups in total. The van der Waals surface area contributed by atoms with Crippen LogP contribution in [0.5, 0.6) is 11.5 Å². The van der Waals surface area contributed by atoms with Gasteiger partial charge in [-0.1, -0.05) is 42.5 Å². The highest BCUT2D eigenvalue weighted by Gasteiger charge is 2.17. The van der Waals surface area contributed by atoms with E-state index < -0.39 is 0 Å². The molecule has 1 aliphatic heterocycles. The van der Waals surface area contributed by atoms with Gasteiger partial charge in [0.1, 0.15) is 0 Å². The standard InChI is InChI=1S/C26H26N2O4S/c1-18(19-8-3-2-4-9-19)27-26(30)21-10-5-6-11-22(21)28-25(29)17-33-20-12-13-23-24(16-20)32-15-7-14-31-23/h2-6,8-13,16,18H,7,14-15,17H2,1H3,(H,27,30)(H,28,29). The zero-order valence-electron chi connectivity index (χ0n) is 18.4. The van der Waals surface area contributed by atoms with Gasteiger partial charge in [0.25, 0.3) is 5.91 Å². The number of benzene rings is 3. The number of rotatable bonds is 7. The van der Waals surface area contributed by atoms with Gasteiger partial charge in [-0.05, 0) is 42.8 Å². The number of carbonyl (C=O) groups excluding carboxylic acids is 2. The van der Waals surface area contributed by atoms with E-state index in [1.54, 1.807) is 24.3 Å². The first kappa shape index (κ1) is 22.7. The lowest BCUT2D eigenvalue weighted by atomic mass is 10.1. The fourth-order valence-corrected chi connectivity index (χ4v) is 4.18. The molecule has 1 heterocycles. The Kier molecular flexibility index (Phi) is 7.52. The SMILES string of the molecule is CC(NC(=O)c1ccccc1NC(=O)CSc1ccc2c(c1)OCCCO2)c1ccccc1. The molecule has 0 bridgehead atoms. The van der Waals surface area contributed by atoms with Gasteiger partial charge >= 0.3 is 0 Å². The Bertz CT molecular complexity index is 1120. The number of anilines is 1. The monoisotopic (exact) mass is 462 g/mol. The summed E-state index contributed by atoms with van der Waals surface area (Å²) in [4.78, 5) is 26.4. The second-order valence-corrected chi connectivity index (χ2v) is 8.70. The smallest absolute Gasteiger partial charge is 0.253 e. The molecule has 33 heavy (non-hydrogen) atoms. The summed E-state index contributed by atoms with van der Waals surface area (Å²) >= 11 is 1.40. The van der Waals surface area contributed by atoms with E-state index in [1.807, 2.05) is 55.5 Å². The molecule has 0 radical (unpaired) electrons. The van der Waals surface area contributed by atoms with Crippen LogP contribution in [0.25, 0.3) is 0 Å². The highest BCUT2D eigenvalue weighted by Crippen LogP contribution is 2.34. The molecule has 7 heteroatoms. The number of hydrogen-bond donors (Lipinski definition) is 2. The van der Waals surface area contributed by atoms with Gasteiger partial charge in [0, 0.05) is 11.3 Å². The number of thioether (sulfide) groups is 1. The van der Waals surface area contributed by atoms with Crippen LogP contribution in [0.15, 0.2) is 77.7 Å². The Morgan fingerprint density at radius 3 is 2.48 bits per heavy atom. The van der Waals surface area contributed by atoms with Crippen molar-refractivity contribution in [2.75, 3.05) is 24.3 Å². The minimum Gasteiger partial charge on any atom is -0.490 e. The molecule has 1 unspecified atom stereocenters. The van der Waals surface area contributed by atoms with E-state index in [9.17, 15) is 9.59 Å². The van der Waals surface area contributed by atoms with Crippen LogP contribution in [-0.2, 0) is 4.79 Å². The third kappa shape index (κ3) is 6.08. The predicted molar refractivity (Wildman–Crippen MR) is 130 cm³/mol. The Balaban J connectivity index is 1.37. The molecule has 0 fully saturated rings. The molecule has 0 spiro atoms. The maximum Gasteiger partial charge on any atom is 0.253 e. The van der Waals surface area contributed by atoms with Crippen LogP contribution in [0.1, 0.15) is 35.3 Å². The molecular formula is C26H26N2O4S. The fraction of sp³-hybridized carbons (Fsp3) is 0.231. The van der Waals surface area contributed by atoms with Gasteiger partial charge in [-0.15, -0.1) is 11.8 Å². The topological polar surface area (TPSA) is 76.7 Å². The number of amides is 2. The zero-order valence-corrected chi connectivity index (χ0v) is 19.2. The first-order chi connectivity index (χ1) is 16.1. The van der Waals surface area contributed by atoms with Crippen LogP contribution in [0, 0.1) is 0 Å². The van der Waals surface area contributed by atoms with Gasteiger partial charge in [-0.25, -0.2) is 0 Å². The van der Waals surface area contributed by atoms with Crippen molar-refractivity contribution in [3.63, 3.8) is 0 Å².